The SMILES string of the molecule is CN[C@@H](C)C(=O)N[C@H](C(=O)N1CCC[C@H]1c1ccnc(-c2c[nH]c3ccccc23)c1)C1CCCCC1. The monoisotopic (exact) mass is 487 g/mol. The van der Waals surface area contributed by atoms with E-state index < -0.39 is 6.04 Å². The molecule has 0 spiro atoms. The van der Waals surface area contributed by atoms with E-state index in [9.17, 15) is 9.59 Å². The Balaban J connectivity index is 1.41. The van der Waals surface area contributed by atoms with Crippen molar-refractivity contribution in [2.24, 2.45) is 5.92 Å². The molecule has 3 N–H and O–H groups in total. The van der Waals surface area contributed by atoms with Gasteiger partial charge in [-0.1, -0.05) is 37.5 Å². The number of likely N-dealkylation sites (N-methyl/N-ethyl adjacent to an activating group) is 1. The molecule has 1 saturated carbocycles. The second-order valence-electron chi connectivity index (χ2n) is 10.3. The predicted molar refractivity (Wildman–Crippen MR) is 142 cm³/mol. The van der Waals surface area contributed by atoms with Gasteiger partial charge in [0.25, 0.3) is 0 Å². The number of H-pyrrole nitrogens is 1. The summed E-state index contributed by atoms with van der Waals surface area (Å²) in [6.07, 6.45) is 11.2. The number of rotatable bonds is 7. The van der Waals surface area contributed by atoms with Crippen LogP contribution < -0.4 is 10.6 Å². The molecule has 3 aromatic rings. The highest BCUT2D eigenvalue weighted by Gasteiger charge is 2.39. The zero-order valence-corrected chi connectivity index (χ0v) is 21.3. The first kappa shape index (κ1) is 24.5. The maximum Gasteiger partial charge on any atom is 0.245 e. The molecule has 1 aliphatic carbocycles. The van der Waals surface area contributed by atoms with E-state index in [4.69, 9.17) is 0 Å². The standard InChI is InChI=1S/C29H37N5O2/c1-19(30-2)28(35)33-27(20-9-4-3-5-10-20)29(36)34-16-8-13-26(34)21-14-15-31-25(17-21)23-18-32-24-12-7-6-11-22(23)24/h6-7,11-12,14-15,17-20,26-27,30,32H,3-5,8-10,13,16H2,1-2H3,(H,33,35)/t19-,26-,27-/m0/s1. The summed E-state index contributed by atoms with van der Waals surface area (Å²) in [6, 6.07) is 11.6. The third-order valence-corrected chi connectivity index (χ3v) is 8.08. The second kappa shape index (κ2) is 10.8. The van der Waals surface area contributed by atoms with Gasteiger partial charge in [-0.05, 0) is 69.3 Å². The van der Waals surface area contributed by atoms with E-state index in [1.165, 1.54) is 6.42 Å². The second-order valence-corrected chi connectivity index (χ2v) is 10.3. The van der Waals surface area contributed by atoms with Crippen molar-refractivity contribution < 1.29 is 9.59 Å². The number of aromatic nitrogens is 2. The minimum absolute atomic E-state index is 0.00540. The van der Waals surface area contributed by atoms with Gasteiger partial charge in [-0.25, -0.2) is 0 Å². The molecule has 1 aromatic carbocycles. The number of nitrogens with zero attached hydrogens (tertiary/aromatic N) is 2. The van der Waals surface area contributed by atoms with E-state index in [1.807, 2.05) is 42.4 Å². The first-order chi connectivity index (χ1) is 17.6. The molecule has 2 fully saturated rings. The highest BCUT2D eigenvalue weighted by molar-refractivity contribution is 5.94. The van der Waals surface area contributed by atoms with Gasteiger partial charge >= 0.3 is 0 Å². The van der Waals surface area contributed by atoms with Crippen LogP contribution >= 0.6 is 0 Å². The van der Waals surface area contributed by atoms with E-state index >= 15 is 0 Å². The van der Waals surface area contributed by atoms with Crippen LogP contribution in [0.3, 0.4) is 0 Å². The molecule has 1 aliphatic heterocycles. The molecule has 7 heteroatoms. The Morgan fingerprint density at radius 1 is 1.08 bits per heavy atom. The lowest BCUT2D eigenvalue weighted by atomic mass is 9.83. The van der Waals surface area contributed by atoms with Crippen LogP contribution in [0.2, 0.25) is 0 Å². The Kier molecular flexibility index (Phi) is 7.37. The van der Waals surface area contributed by atoms with Crippen molar-refractivity contribution in [2.75, 3.05) is 13.6 Å². The van der Waals surface area contributed by atoms with Crippen LogP contribution in [-0.4, -0.2) is 52.4 Å². The number of aromatic amines is 1. The summed E-state index contributed by atoms with van der Waals surface area (Å²) < 4.78 is 0. The van der Waals surface area contributed by atoms with Gasteiger partial charge in [-0.2, -0.15) is 0 Å². The summed E-state index contributed by atoms with van der Waals surface area (Å²) in [4.78, 5) is 36.9. The number of benzene rings is 1. The third kappa shape index (κ3) is 4.89. The number of hydrogen-bond donors (Lipinski definition) is 3. The molecule has 0 bridgehead atoms. The van der Waals surface area contributed by atoms with E-state index in [0.29, 0.717) is 0 Å². The molecule has 5 rings (SSSR count). The number of carbonyl (C=O) groups excluding carboxylic acids is 2. The molecule has 3 heterocycles. The van der Waals surface area contributed by atoms with Gasteiger partial charge < -0.3 is 20.5 Å². The molecule has 2 amide bonds. The highest BCUT2D eigenvalue weighted by Crippen LogP contribution is 2.37. The number of para-hydroxylation sites is 1. The van der Waals surface area contributed by atoms with Gasteiger partial charge in [0, 0.05) is 35.4 Å². The van der Waals surface area contributed by atoms with Crippen molar-refractivity contribution in [2.45, 2.75) is 70.0 Å². The van der Waals surface area contributed by atoms with Gasteiger partial charge in [0.2, 0.25) is 11.8 Å². The maximum atomic E-state index is 14.0. The van der Waals surface area contributed by atoms with Crippen molar-refractivity contribution in [3.05, 3.63) is 54.4 Å². The highest BCUT2D eigenvalue weighted by atomic mass is 16.2. The van der Waals surface area contributed by atoms with Gasteiger partial charge in [0.05, 0.1) is 17.8 Å². The normalized spacial score (nSPS) is 20.4. The van der Waals surface area contributed by atoms with Crippen LogP contribution in [0.15, 0.2) is 48.8 Å². The molecule has 1 saturated heterocycles. The molecule has 0 unspecified atom stereocenters. The number of pyridine rings is 1. The molecule has 7 nitrogen and oxygen atoms in total. The van der Waals surface area contributed by atoms with Crippen molar-refractivity contribution >= 4 is 22.7 Å². The minimum atomic E-state index is -0.468. The van der Waals surface area contributed by atoms with Crippen molar-refractivity contribution in [1.82, 2.24) is 25.5 Å². The summed E-state index contributed by atoms with van der Waals surface area (Å²) in [5.41, 5.74) is 4.16. The van der Waals surface area contributed by atoms with E-state index in [-0.39, 0.29) is 29.8 Å². The van der Waals surface area contributed by atoms with Gasteiger partial charge in [-0.15, -0.1) is 0 Å². The molecule has 2 aromatic heterocycles. The number of likely N-dealkylation sites (tertiary alicyclic amines) is 1. The minimum Gasteiger partial charge on any atom is -0.360 e. The molecule has 2 aliphatic rings. The summed E-state index contributed by atoms with van der Waals surface area (Å²) in [5, 5.41) is 7.27. The summed E-state index contributed by atoms with van der Waals surface area (Å²) >= 11 is 0. The molecule has 36 heavy (non-hydrogen) atoms. The zero-order valence-electron chi connectivity index (χ0n) is 21.3. The lowest BCUT2D eigenvalue weighted by Gasteiger charge is -2.35. The van der Waals surface area contributed by atoms with Gasteiger partial charge in [0.15, 0.2) is 0 Å². The first-order valence-corrected chi connectivity index (χ1v) is 13.4. The fourth-order valence-corrected chi connectivity index (χ4v) is 5.90. The average Bonchev–Trinajstić information content (AvgIpc) is 3.59. The van der Waals surface area contributed by atoms with Crippen molar-refractivity contribution in [1.29, 1.82) is 0 Å². The Bertz CT molecular complexity index is 1220. The fourth-order valence-electron chi connectivity index (χ4n) is 5.90. The molecule has 190 valence electrons. The Labute approximate surface area is 213 Å². The third-order valence-electron chi connectivity index (χ3n) is 8.08. The lowest BCUT2D eigenvalue weighted by Crippen LogP contribution is -2.55. The summed E-state index contributed by atoms with van der Waals surface area (Å²) in [5.74, 6) is 0.147. The number of hydrogen-bond acceptors (Lipinski definition) is 4. The first-order valence-electron chi connectivity index (χ1n) is 13.4. The van der Waals surface area contributed by atoms with Gasteiger partial charge in [-0.3, -0.25) is 14.6 Å². The molecular formula is C29H37N5O2. The predicted octanol–water partition coefficient (Wildman–Crippen LogP) is 4.57. The molecular weight excluding hydrogens is 450 g/mol. The Morgan fingerprint density at radius 3 is 2.69 bits per heavy atom. The number of fused-ring (bicyclic) bond motifs is 1. The lowest BCUT2D eigenvalue weighted by molar-refractivity contribution is -0.139. The van der Waals surface area contributed by atoms with E-state index in [1.54, 1.807) is 7.05 Å². The van der Waals surface area contributed by atoms with Crippen LogP contribution in [-0.2, 0) is 9.59 Å². The van der Waals surface area contributed by atoms with Crippen molar-refractivity contribution in [3.8, 4) is 11.3 Å². The van der Waals surface area contributed by atoms with Crippen LogP contribution in [0.25, 0.3) is 22.2 Å². The fraction of sp³-hybridized carbons (Fsp3) is 0.483. The van der Waals surface area contributed by atoms with Gasteiger partial charge in [0.1, 0.15) is 6.04 Å². The number of carbonyl (C=O) groups is 2. The van der Waals surface area contributed by atoms with E-state index in [2.05, 4.69) is 38.8 Å². The quantitative estimate of drug-likeness (QED) is 0.456. The topological polar surface area (TPSA) is 90.1 Å². The van der Waals surface area contributed by atoms with Crippen LogP contribution in [0.1, 0.15) is 63.5 Å². The average molecular weight is 488 g/mol. The summed E-state index contributed by atoms with van der Waals surface area (Å²) in [7, 11) is 1.77. The maximum absolute atomic E-state index is 14.0. The molecule has 0 radical (unpaired) electrons. The Morgan fingerprint density at radius 2 is 1.89 bits per heavy atom. The van der Waals surface area contributed by atoms with Crippen LogP contribution in [0.5, 0.6) is 0 Å². The number of nitrogens with one attached hydrogen (secondary N) is 3. The zero-order chi connectivity index (χ0) is 25.1. The number of amides is 2. The Hall–Kier alpha value is -3.19. The summed E-state index contributed by atoms with van der Waals surface area (Å²) in [6.45, 7) is 2.55. The van der Waals surface area contributed by atoms with Crippen molar-refractivity contribution in [3.63, 3.8) is 0 Å². The van der Waals surface area contributed by atoms with Crippen LogP contribution in [0.4, 0.5) is 0 Å². The molecule has 3 atom stereocenters. The smallest absolute Gasteiger partial charge is 0.245 e. The largest absolute Gasteiger partial charge is 0.360 e. The van der Waals surface area contributed by atoms with E-state index in [0.717, 1.165) is 72.8 Å². The van der Waals surface area contributed by atoms with Crippen LogP contribution in [0, 0.1) is 5.92 Å².